The zero-order chi connectivity index (χ0) is 16.2. The number of benzene rings is 1. The molecule has 0 atom stereocenters. The fourth-order valence-corrected chi connectivity index (χ4v) is 1.79. The molecule has 1 amide bonds. The Bertz CT molecular complexity index is 530. The van der Waals surface area contributed by atoms with E-state index in [1.165, 1.54) is 12.1 Å². The van der Waals surface area contributed by atoms with Gasteiger partial charge in [0, 0.05) is 6.42 Å². The Morgan fingerprint density at radius 1 is 1.29 bits per heavy atom. The Hall–Kier alpha value is -2.04. The lowest BCUT2D eigenvalue weighted by Gasteiger charge is -2.19. The second-order valence-corrected chi connectivity index (χ2v) is 6.47. The van der Waals surface area contributed by atoms with Crippen molar-refractivity contribution in [2.75, 3.05) is 5.32 Å². The molecular formula is C16H23NO4. The first-order chi connectivity index (χ1) is 9.58. The third-order valence-electron chi connectivity index (χ3n) is 2.55. The molecule has 0 aliphatic carbocycles. The summed E-state index contributed by atoms with van der Waals surface area (Å²) in [6.45, 7) is 9.63. The van der Waals surface area contributed by atoms with Crippen LogP contribution in [0, 0.1) is 5.41 Å². The Balaban J connectivity index is 3.02. The molecule has 0 heterocycles. The number of anilines is 1. The molecule has 0 saturated heterocycles. The van der Waals surface area contributed by atoms with Crippen LogP contribution in [-0.2, 0) is 4.79 Å². The molecule has 0 aromatic heterocycles. The average Bonchev–Trinajstić information content (AvgIpc) is 2.27. The predicted octanol–water partition coefficient (Wildman–Crippen LogP) is 3.55. The number of aromatic carboxylic acids is 1. The molecule has 1 aromatic rings. The van der Waals surface area contributed by atoms with Crippen molar-refractivity contribution in [3.63, 3.8) is 0 Å². The monoisotopic (exact) mass is 293 g/mol. The van der Waals surface area contributed by atoms with Gasteiger partial charge in [0.15, 0.2) is 0 Å². The number of hydrogen-bond donors (Lipinski definition) is 2. The number of amides is 1. The van der Waals surface area contributed by atoms with Gasteiger partial charge >= 0.3 is 5.97 Å². The van der Waals surface area contributed by atoms with E-state index in [4.69, 9.17) is 9.84 Å². The topological polar surface area (TPSA) is 75.6 Å². The van der Waals surface area contributed by atoms with E-state index in [1.807, 2.05) is 34.6 Å². The third-order valence-corrected chi connectivity index (χ3v) is 2.55. The van der Waals surface area contributed by atoms with Gasteiger partial charge in [-0.1, -0.05) is 20.8 Å². The maximum absolute atomic E-state index is 12.0. The van der Waals surface area contributed by atoms with Crippen LogP contribution in [0.3, 0.4) is 0 Å². The molecule has 0 unspecified atom stereocenters. The summed E-state index contributed by atoms with van der Waals surface area (Å²) >= 11 is 0. The lowest BCUT2D eigenvalue weighted by molar-refractivity contribution is -0.117. The minimum Gasteiger partial charge on any atom is -0.489 e. The summed E-state index contributed by atoms with van der Waals surface area (Å²) in [6.07, 6.45) is 0.268. The van der Waals surface area contributed by atoms with Crippen LogP contribution >= 0.6 is 0 Å². The van der Waals surface area contributed by atoms with E-state index in [9.17, 15) is 9.59 Å². The predicted molar refractivity (Wildman–Crippen MR) is 81.9 cm³/mol. The van der Waals surface area contributed by atoms with Gasteiger partial charge in [-0.25, -0.2) is 4.79 Å². The summed E-state index contributed by atoms with van der Waals surface area (Å²) in [7, 11) is 0. The number of hydrogen-bond acceptors (Lipinski definition) is 3. The normalized spacial score (nSPS) is 11.3. The van der Waals surface area contributed by atoms with Gasteiger partial charge in [0.05, 0.1) is 17.4 Å². The number of rotatable bonds is 5. The van der Waals surface area contributed by atoms with Gasteiger partial charge in [-0.15, -0.1) is 0 Å². The molecule has 116 valence electrons. The smallest absolute Gasteiger partial charge is 0.335 e. The summed E-state index contributed by atoms with van der Waals surface area (Å²) in [5.41, 5.74) is 0.350. The van der Waals surface area contributed by atoms with Gasteiger partial charge in [0.1, 0.15) is 5.75 Å². The van der Waals surface area contributed by atoms with E-state index in [0.717, 1.165) is 0 Å². The molecule has 2 N–H and O–H groups in total. The van der Waals surface area contributed by atoms with E-state index in [0.29, 0.717) is 17.9 Å². The summed E-state index contributed by atoms with van der Waals surface area (Å²) < 4.78 is 5.60. The van der Waals surface area contributed by atoms with Crippen molar-refractivity contribution < 1.29 is 19.4 Å². The molecule has 1 rings (SSSR count). The average molecular weight is 293 g/mol. The first-order valence-electron chi connectivity index (χ1n) is 6.92. The second kappa shape index (κ2) is 6.61. The number of carbonyl (C=O) groups excluding carboxylic acids is 1. The van der Waals surface area contributed by atoms with Crippen LogP contribution in [0.2, 0.25) is 0 Å². The Morgan fingerprint density at radius 3 is 2.38 bits per heavy atom. The molecule has 0 fully saturated rings. The molecule has 0 bridgehead atoms. The highest BCUT2D eigenvalue weighted by molar-refractivity contribution is 5.95. The first kappa shape index (κ1) is 17.0. The fraction of sp³-hybridized carbons (Fsp3) is 0.500. The minimum absolute atomic E-state index is 0.0704. The lowest BCUT2D eigenvalue weighted by atomic mass is 9.92. The maximum atomic E-state index is 12.0. The van der Waals surface area contributed by atoms with Crippen LogP contribution in [0.15, 0.2) is 18.2 Å². The molecule has 0 spiro atoms. The van der Waals surface area contributed by atoms with Crippen LogP contribution < -0.4 is 10.1 Å². The Morgan fingerprint density at radius 2 is 1.90 bits per heavy atom. The maximum Gasteiger partial charge on any atom is 0.335 e. The van der Waals surface area contributed by atoms with Crippen molar-refractivity contribution in [1.82, 2.24) is 0 Å². The Kier molecular flexibility index (Phi) is 5.35. The number of carboxylic acids is 1. The molecule has 0 aliphatic rings. The van der Waals surface area contributed by atoms with Gasteiger partial charge < -0.3 is 15.2 Å². The highest BCUT2D eigenvalue weighted by Crippen LogP contribution is 2.28. The Labute approximate surface area is 125 Å². The second-order valence-electron chi connectivity index (χ2n) is 6.47. The van der Waals surface area contributed by atoms with Crippen LogP contribution in [-0.4, -0.2) is 23.1 Å². The molecule has 0 aliphatic heterocycles. The zero-order valence-electron chi connectivity index (χ0n) is 13.2. The number of carbonyl (C=O) groups is 2. The van der Waals surface area contributed by atoms with Crippen LogP contribution in [0.1, 0.15) is 51.4 Å². The van der Waals surface area contributed by atoms with E-state index >= 15 is 0 Å². The van der Waals surface area contributed by atoms with Crippen molar-refractivity contribution >= 4 is 17.6 Å². The molecule has 1 aromatic carbocycles. The van der Waals surface area contributed by atoms with Crippen molar-refractivity contribution in [2.24, 2.45) is 5.41 Å². The zero-order valence-corrected chi connectivity index (χ0v) is 13.2. The number of ether oxygens (including phenoxy) is 1. The van der Waals surface area contributed by atoms with Crippen LogP contribution in [0.5, 0.6) is 5.75 Å². The molecule has 5 heteroatoms. The van der Waals surface area contributed by atoms with Crippen molar-refractivity contribution in [3.05, 3.63) is 23.8 Å². The molecule has 5 nitrogen and oxygen atoms in total. The van der Waals surface area contributed by atoms with Gasteiger partial charge in [-0.3, -0.25) is 4.79 Å². The highest BCUT2D eigenvalue weighted by Gasteiger charge is 2.18. The van der Waals surface area contributed by atoms with E-state index in [2.05, 4.69) is 5.32 Å². The van der Waals surface area contributed by atoms with Crippen molar-refractivity contribution in [2.45, 2.75) is 47.1 Å². The molecule has 0 radical (unpaired) electrons. The molecule has 21 heavy (non-hydrogen) atoms. The molecular weight excluding hydrogens is 270 g/mol. The van der Waals surface area contributed by atoms with Crippen LogP contribution in [0.4, 0.5) is 5.69 Å². The fourth-order valence-electron chi connectivity index (χ4n) is 1.79. The van der Waals surface area contributed by atoms with Gasteiger partial charge in [0.2, 0.25) is 5.91 Å². The highest BCUT2D eigenvalue weighted by atomic mass is 16.5. The molecule has 0 saturated carbocycles. The standard InChI is InChI=1S/C16H23NO4/c1-10(2)21-13-7-6-11(15(19)20)8-12(13)17-14(18)9-16(3,4)5/h6-8,10H,9H2,1-5H3,(H,17,18)(H,19,20). The number of carboxylic acid groups (broad SMARTS) is 1. The summed E-state index contributed by atoms with van der Waals surface area (Å²) in [6, 6.07) is 4.44. The van der Waals surface area contributed by atoms with Gasteiger partial charge in [0.25, 0.3) is 0 Å². The van der Waals surface area contributed by atoms with Gasteiger partial charge in [-0.2, -0.15) is 0 Å². The number of nitrogens with one attached hydrogen (secondary N) is 1. The quantitative estimate of drug-likeness (QED) is 0.870. The summed E-state index contributed by atoms with van der Waals surface area (Å²) in [5, 5.41) is 11.8. The van der Waals surface area contributed by atoms with Crippen molar-refractivity contribution in [3.8, 4) is 5.75 Å². The van der Waals surface area contributed by atoms with Crippen LogP contribution in [0.25, 0.3) is 0 Å². The van der Waals surface area contributed by atoms with E-state index < -0.39 is 5.97 Å². The largest absolute Gasteiger partial charge is 0.489 e. The van der Waals surface area contributed by atoms with Crippen molar-refractivity contribution in [1.29, 1.82) is 0 Å². The summed E-state index contributed by atoms with van der Waals surface area (Å²) in [5.74, 6) is -0.742. The summed E-state index contributed by atoms with van der Waals surface area (Å²) in [4.78, 5) is 23.1. The lowest BCUT2D eigenvalue weighted by Crippen LogP contribution is -2.20. The van der Waals surface area contributed by atoms with Gasteiger partial charge in [-0.05, 0) is 37.5 Å². The first-order valence-corrected chi connectivity index (χ1v) is 6.92. The SMILES string of the molecule is CC(C)Oc1ccc(C(=O)O)cc1NC(=O)CC(C)(C)C. The minimum atomic E-state index is -1.04. The van der Waals surface area contributed by atoms with E-state index in [-0.39, 0.29) is 23.0 Å². The third kappa shape index (κ3) is 5.85. The van der Waals surface area contributed by atoms with E-state index in [1.54, 1.807) is 6.07 Å².